The SMILES string of the molecule is C=CCN1CCO[C@@H]2CN(C(=O)COc3ccccc3)CC[C@@H]2C1.O=C(O)C(F)(F)F. The van der Waals surface area contributed by atoms with Gasteiger partial charge in [0.05, 0.1) is 12.7 Å². The molecular formula is C21H27F3N2O5. The highest BCUT2D eigenvalue weighted by atomic mass is 19.4. The van der Waals surface area contributed by atoms with Crippen molar-refractivity contribution in [2.24, 2.45) is 5.92 Å². The Bertz CT molecular complexity index is 729. The average Bonchev–Trinajstić information content (AvgIpc) is 2.94. The Kier molecular flexibility index (Phi) is 9.32. The van der Waals surface area contributed by atoms with E-state index in [2.05, 4.69) is 11.5 Å². The minimum atomic E-state index is -5.08. The van der Waals surface area contributed by atoms with Gasteiger partial charge in [-0.2, -0.15) is 13.2 Å². The maximum Gasteiger partial charge on any atom is 0.490 e. The zero-order valence-electron chi connectivity index (χ0n) is 17.1. The van der Waals surface area contributed by atoms with Crippen LogP contribution < -0.4 is 4.74 Å². The number of para-hydroxylation sites is 1. The predicted octanol–water partition coefficient (Wildman–Crippen LogP) is 2.43. The highest BCUT2D eigenvalue weighted by molar-refractivity contribution is 5.78. The largest absolute Gasteiger partial charge is 0.490 e. The number of amides is 1. The van der Waals surface area contributed by atoms with Gasteiger partial charge >= 0.3 is 12.1 Å². The molecule has 2 fully saturated rings. The second kappa shape index (κ2) is 11.7. The number of alkyl halides is 3. The first-order chi connectivity index (χ1) is 14.7. The first-order valence-corrected chi connectivity index (χ1v) is 9.91. The molecule has 2 heterocycles. The summed E-state index contributed by atoms with van der Waals surface area (Å²) in [6, 6.07) is 9.46. The summed E-state index contributed by atoms with van der Waals surface area (Å²) in [5, 5.41) is 7.12. The van der Waals surface area contributed by atoms with Gasteiger partial charge in [0.15, 0.2) is 6.61 Å². The second-order valence-electron chi connectivity index (χ2n) is 7.25. The van der Waals surface area contributed by atoms with Crippen molar-refractivity contribution in [3.8, 4) is 5.75 Å². The molecule has 2 aliphatic rings. The number of piperidine rings is 1. The molecule has 0 radical (unpaired) electrons. The monoisotopic (exact) mass is 444 g/mol. The molecule has 31 heavy (non-hydrogen) atoms. The molecule has 1 aromatic carbocycles. The molecule has 2 saturated heterocycles. The van der Waals surface area contributed by atoms with Crippen molar-refractivity contribution in [2.75, 3.05) is 45.9 Å². The number of rotatable bonds is 5. The summed E-state index contributed by atoms with van der Waals surface area (Å²) in [7, 11) is 0. The van der Waals surface area contributed by atoms with Gasteiger partial charge < -0.3 is 19.5 Å². The van der Waals surface area contributed by atoms with Crippen LogP contribution in [-0.2, 0) is 14.3 Å². The molecule has 2 atom stereocenters. The van der Waals surface area contributed by atoms with E-state index >= 15 is 0 Å². The van der Waals surface area contributed by atoms with Crippen molar-refractivity contribution in [2.45, 2.75) is 18.7 Å². The van der Waals surface area contributed by atoms with Crippen molar-refractivity contribution in [1.29, 1.82) is 0 Å². The Morgan fingerprint density at radius 1 is 1.23 bits per heavy atom. The Labute approximate surface area is 179 Å². The number of benzene rings is 1. The van der Waals surface area contributed by atoms with Gasteiger partial charge in [-0.15, -0.1) is 6.58 Å². The van der Waals surface area contributed by atoms with Gasteiger partial charge in [-0.1, -0.05) is 24.3 Å². The van der Waals surface area contributed by atoms with Crippen molar-refractivity contribution in [1.82, 2.24) is 9.80 Å². The lowest BCUT2D eigenvalue weighted by molar-refractivity contribution is -0.192. The average molecular weight is 444 g/mol. The maximum absolute atomic E-state index is 12.4. The Hall–Kier alpha value is -2.59. The molecule has 1 aromatic rings. The van der Waals surface area contributed by atoms with Crippen LogP contribution in [0, 0.1) is 5.92 Å². The maximum atomic E-state index is 12.4. The second-order valence-corrected chi connectivity index (χ2v) is 7.25. The molecule has 0 unspecified atom stereocenters. The predicted molar refractivity (Wildman–Crippen MR) is 107 cm³/mol. The van der Waals surface area contributed by atoms with E-state index in [-0.39, 0.29) is 18.6 Å². The molecule has 2 aliphatic heterocycles. The lowest BCUT2D eigenvalue weighted by Crippen LogP contribution is -2.50. The molecule has 0 saturated carbocycles. The van der Waals surface area contributed by atoms with Gasteiger partial charge in [0.1, 0.15) is 5.75 Å². The van der Waals surface area contributed by atoms with Crippen LogP contribution in [0.1, 0.15) is 6.42 Å². The van der Waals surface area contributed by atoms with Gasteiger partial charge in [0.2, 0.25) is 0 Å². The Morgan fingerprint density at radius 2 is 1.90 bits per heavy atom. The van der Waals surface area contributed by atoms with Crippen molar-refractivity contribution >= 4 is 11.9 Å². The van der Waals surface area contributed by atoms with Crippen molar-refractivity contribution in [3.05, 3.63) is 43.0 Å². The van der Waals surface area contributed by atoms with Crippen LogP contribution in [0.3, 0.4) is 0 Å². The lowest BCUT2D eigenvalue weighted by atomic mass is 9.93. The number of ether oxygens (including phenoxy) is 2. The van der Waals surface area contributed by atoms with Crippen LogP contribution >= 0.6 is 0 Å². The summed E-state index contributed by atoms with van der Waals surface area (Å²) in [6.45, 7) is 8.94. The molecule has 10 heteroatoms. The molecule has 7 nitrogen and oxygen atoms in total. The van der Waals surface area contributed by atoms with Crippen molar-refractivity contribution < 1.29 is 37.3 Å². The number of carbonyl (C=O) groups excluding carboxylic acids is 1. The number of fused-ring (bicyclic) bond motifs is 1. The van der Waals surface area contributed by atoms with E-state index in [9.17, 15) is 18.0 Å². The molecule has 0 aromatic heterocycles. The number of hydrogen-bond donors (Lipinski definition) is 1. The minimum Gasteiger partial charge on any atom is -0.484 e. The van der Waals surface area contributed by atoms with Crippen molar-refractivity contribution in [3.63, 3.8) is 0 Å². The molecule has 0 bridgehead atoms. The van der Waals surface area contributed by atoms with Gasteiger partial charge in [-0.05, 0) is 18.6 Å². The van der Waals surface area contributed by atoms with E-state index in [1.807, 2.05) is 41.3 Å². The number of aliphatic carboxylic acids is 1. The number of carboxylic acids is 1. The van der Waals surface area contributed by atoms with Crippen LogP contribution in [0.5, 0.6) is 5.75 Å². The van der Waals surface area contributed by atoms with Crippen LogP contribution in [0.15, 0.2) is 43.0 Å². The fourth-order valence-corrected chi connectivity index (χ4v) is 3.45. The van der Waals surface area contributed by atoms with E-state index < -0.39 is 12.1 Å². The standard InChI is InChI=1S/C19H26N2O3.C2HF3O2/c1-2-9-20-11-12-23-18-14-21(10-8-16(18)13-20)19(22)15-24-17-6-4-3-5-7-17;3-2(4,5)1(6)7/h2-7,16,18H,1,8-15H2;(H,6,7)/t16-,18-;/m1./s1. The zero-order chi connectivity index (χ0) is 22.9. The number of hydrogen-bond acceptors (Lipinski definition) is 5. The fourth-order valence-electron chi connectivity index (χ4n) is 3.45. The summed E-state index contributed by atoms with van der Waals surface area (Å²) in [4.78, 5) is 25.6. The number of nitrogens with zero attached hydrogens (tertiary/aromatic N) is 2. The third-order valence-corrected chi connectivity index (χ3v) is 5.02. The van der Waals surface area contributed by atoms with Crippen LogP contribution in [0.25, 0.3) is 0 Å². The first-order valence-electron chi connectivity index (χ1n) is 9.91. The first kappa shape index (κ1) is 24.7. The summed E-state index contributed by atoms with van der Waals surface area (Å²) in [6.07, 6.45) is -2.02. The molecule has 1 N–H and O–H groups in total. The van der Waals surface area contributed by atoms with Crippen LogP contribution in [0.2, 0.25) is 0 Å². The zero-order valence-corrected chi connectivity index (χ0v) is 17.1. The van der Waals surface area contributed by atoms with Gasteiger partial charge in [0, 0.05) is 38.6 Å². The van der Waals surface area contributed by atoms with Crippen LogP contribution in [-0.4, -0.2) is 85.0 Å². The summed E-state index contributed by atoms with van der Waals surface area (Å²) in [5.74, 6) is -1.50. The molecular weight excluding hydrogens is 417 g/mol. The van der Waals surface area contributed by atoms with Gasteiger partial charge in [-0.3, -0.25) is 9.69 Å². The highest BCUT2D eigenvalue weighted by Gasteiger charge is 2.38. The van der Waals surface area contributed by atoms with Gasteiger partial charge in [-0.25, -0.2) is 4.79 Å². The number of carboxylic acid groups (broad SMARTS) is 1. The van der Waals surface area contributed by atoms with E-state index in [0.29, 0.717) is 12.5 Å². The topological polar surface area (TPSA) is 79.3 Å². The Morgan fingerprint density at radius 3 is 2.52 bits per heavy atom. The number of halogens is 3. The fraction of sp³-hybridized carbons (Fsp3) is 0.524. The molecule has 1 amide bonds. The third-order valence-electron chi connectivity index (χ3n) is 5.02. The van der Waals surface area contributed by atoms with E-state index in [4.69, 9.17) is 19.4 Å². The quantitative estimate of drug-likeness (QED) is 0.703. The van der Waals surface area contributed by atoms with E-state index in [1.54, 1.807) is 0 Å². The van der Waals surface area contributed by atoms with E-state index in [1.165, 1.54) is 0 Å². The normalized spacial score (nSPS) is 21.7. The molecule has 3 rings (SSSR count). The molecule has 172 valence electrons. The van der Waals surface area contributed by atoms with Gasteiger partial charge in [0.25, 0.3) is 5.91 Å². The molecule has 0 aliphatic carbocycles. The lowest BCUT2D eigenvalue weighted by Gasteiger charge is -2.37. The smallest absolute Gasteiger partial charge is 0.484 e. The summed E-state index contributed by atoms with van der Waals surface area (Å²) < 4.78 is 43.3. The summed E-state index contributed by atoms with van der Waals surface area (Å²) in [5.41, 5.74) is 0. The third kappa shape index (κ3) is 8.22. The number of likely N-dealkylation sites (tertiary alicyclic amines) is 1. The summed E-state index contributed by atoms with van der Waals surface area (Å²) >= 11 is 0. The highest BCUT2D eigenvalue weighted by Crippen LogP contribution is 2.24. The molecule has 0 spiro atoms. The minimum absolute atomic E-state index is 0.0353. The van der Waals surface area contributed by atoms with E-state index in [0.717, 1.165) is 45.0 Å². The Balaban J connectivity index is 0.000000423. The van der Waals surface area contributed by atoms with Crippen LogP contribution in [0.4, 0.5) is 13.2 Å². The number of carbonyl (C=O) groups is 2.